The van der Waals surface area contributed by atoms with Crippen molar-refractivity contribution >= 4 is 27.5 Å². The average Bonchev–Trinajstić information content (AvgIpc) is 3.33. The van der Waals surface area contributed by atoms with Crippen LogP contribution in [0.1, 0.15) is 34.2 Å². The van der Waals surface area contributed by atoms with Crippen molar-refractivity contribution in [3.8, 4) is 11.5 Å². The molecule has 2 aliphatic heterocycles. The van der Waals surface area contributed by atoms with Crippen molar-refractivity contribution in [1.82, 2.24) is 9.88 Å². The van der Waals surface area contributed by atoms with Gasteiger partial charge in [-0.25, -0.2) is 4.98 Å². The van der Waals surface area contributed by atoms with Gasteiger partial charge < -0.3 is 14.4 Å². The van der Waals surface area contributed by atoms with Crippen LogP contribution in [0.15, 0.2) is 42.5 Å². The molecule has 2 aliphatic rings. The van der Waals surface area contributed by atoms with Crippen molar-refractivity contribution < 1.29 is 14.3 Å². The van der Waals surface area contributed by atoms with Crippen molar-refractivity contribution in [2.24, 2.45) is 0 Å². The van der Waals surface area contributed by atoms with E-state index in [1.165, 1.54) is 4.70 Å². The Kier molecular flexibility index (Phi) is 3.78. The second kappa shape index (κ2) is 6.29. The number of carbonyl (C=O) groups excluding carboxylic acids is 1. The first-order chi connectivity index (χ1) is 12.8. The zero-order valence-electron chi connectivity index (χ0n) is 14.2. The van der Waals surface area contributed by atoms with Crippen molar-refractivity contribution in [2.45, 2.75) is 18.9 Å². The first kappa shape index (κ1) is 15.6. The van der Waals surface area contributed by atoms with E-state index in [4.69, 9.17) is 14.5 Å². The number of fused-ring (bicyclic) bond motifs is 2. The molecular formula is C20H18N2O3S. The number of amides is 1. The molecule has 1 unspecified atom stereocenters. The predicted octanol–water partition coefficient (Wildman–Crippen LogP) is 4.04. The Morgan fingerprint density at radius 2 is 1.96 bits per heavy atom. The average molecular weight is 366 g/mol. The summed E-state index contributed by atoms with van der Waals surface area (Å²) < 4.78 is 12.3. The molecule has 1 aromatic heterocycles. The maximum Gasteiger partial charge on any atom is 0.254 e. The quantitative estimate of drug-likeness (QED) is 0.687. The number of hydrogen-bond donors (Lipinski definition) is 0. The van der Waals surface area contributed by atoms with Crippen LogP contribution in [0.4, 0.5) is 0 Å². The van der Waals surface area contributed by atoms with E-state index in [9.17, 15) is 4.79 Å². The van der Waals surface area contributed by atoms with E-state index >= 15 is 0 Å². The zero-order chi connectivity index (χ0) is 17.5. The summed E-state index contributed by atoms with van der Waals surface area (Å²) in [5, 5.41) is 1.02. The van der Waals surface area contributed by atoms with Gasteiger partial charge in [0.15, 0.2) is 11.5 Å². The minimum atomic E-state index is 0.0312. The summed E-state index contributed by atoms with van der Waals surface area (Å²) in [6.07, 6.45) is 1.95. The lowest BCUT2D eigenvalue weighted by Crippen LogP contribution is -2.30. The molecule has 0 spiro atoms. The summed E-state index contributed by atoms with van der Waals surface area (Å²) in [4.78, 5) is 19.9. The van der Waals surface area contributed by atoms with Gasteiger partial charge in [0.25, 0.3) is 5.91 Å². The van der Waals surface area contributed by atoms with Crippen molar-refractivity contribution in [3.05, 3.63) is 53.0 Å². The summed E-state index contributed by atoms with van der Waals surface area (Å²) in [7, 11) is 0. The number of likely N-dealkylation sites (tertiary alicyclic amines) is 1. The number of hydrogen-bond acceptors (Lipinski definition) is 5. The minimum absolute atomic E-state index is 0.0312. The molecule has 0 radical (unpaired) electrons. The van der Waals surface area contributed by atoms with Crippen LogP contribution in [0.2, 0.25) is 0 Å². The van der Waals surface area contributed by atoms with Crippen LogP contribution in [-0.2, 0) is 0 Å². The van der Waals surface area contributed by atoms with Gasteiger partial charge in [0.1, 0.15) is 18.2 Å². The van der Waals surface area contributed by atoms with Gasteiger partial charge in [0.2, 0.25) is 0 Å². The van der Waals surface area contributed by atoms with Crippen LogP contribution >= 0.6 is 11.3 Å². The fourth-order valence-electron chi connectivity index (χ4n) is 3.64. The van der Waals surface area contributed by atoms with E-state index in [-0.39, 0.29) is 11.9 Å². The highest BCUT2D eigenvalue weighted by Crippen LogP contribution is 2.38. The highest BCUT2D eigenvalue weighted by molar-refractivity contribution is 7.18. The minimum Gasteiger partial charge on any atom is -0.486 e. The second-order valence-corrected chi connectivity index (χ2v) is 7.60. The third-order valence-electron chi connectivity index (χ3n) is 4.90. The highest BCUT2D eigenvalue weighted by Gasteiger charge is 2.33. The van der Waals surface area contributed by atoms with Crippen LogP contribution in [0, 0.1) is 0 Å². The molecule has 2 aromatic carbocycles. The lowest BCUT2D eigenvalue weighted by atomic mass is 10.1. The molecular weight excluding hydrogens is 348 g/mol. The Morgan fingerprint density at radius 1 is 1.12 bits per heavy atom. The Morgan fingerprint density at radius 3 is 2.85 bits per heavy atom. The molecule has 1 saturated heterocycles. The fraction of sp³-hybridized carbons (Fsp3) is 0.300. The molecule has 0 aliphatic carbocycles. The fourth-order valence-corrected chi connectivity index (χ4v) is 4.76. The number of aromatic nitrogens is 1. The molecule has 0 N–H and O–H groups in total. The Labute approximate surface area is 155 Å². The number of carbonyl (C=O) groups is 1. The van der Waals surface area contributed by atoms with Crippen LogP contribution in [-0.4, -0.2) is 35.5 Å². The summed E-state index contributed by atoms with van der Waals surface area (Å²) in [6, 6.07) is 13.6. The van der Waals surface area contributed by atoms with Gasteiger partial charge in [-0.2, -0.15) is 0 Å². The number of benzene rings is 2. The van der Waals surface area contributed by atoms with Gasteiger partial charge >= 0.3 is 0 Å². The lowest BCUT2D eigenvalue weighted by molar-refractivity contribution is 0.0734. The van der Waals surface area contributed by atoms with Crippen molar-refractivity contribution in [3.63, 3.8) is 0 Å². The topological polar surface area (TPSA) is 51.7 Å². The molecule has 5 nitrogen and oxygen atoms in total. The van der Waals surface area contributed by atoms with Crippen LogP contribution in [0.25, 0.3) is 10.2 Å². The molecule has 1 fully saturated rings. The third-order valence-corrected chi connectivity index (χ3v) is 6.04. The molecule has 132 valence electrons. The number of rotatable bonds is 2. The normalized spacial score (nSPS) is 19.1. The highest BCUT2D eigenvalue weighted by atomic mass is 32.1. The Balaban J connectivity index is 1.45. The predicted molar refractivity (Wildman–Crippen MR) is 100 cm³/mol. The van der Waals surface area contributed by atoms with Crippen LogP contribution in [0.5, 0.6) is 11.5 Å². The second-order valence-electron chi connectivity index (χ2n) is 6.53. The standard InChI is InChI=1S/C20H18N2O3S/c23-20(13-7-8-16-17(12-13)25-11-10-24-16)22-9-3-5-15(22)19-21-14-4-1-2-6-18(14)26-19/h1-2,4,6-8,12,15H,3,5,9-11H2. The molecule has 3 heterocycles. The van der Waals surface area contributed by atoms with Crippen molar-refractivity contribution in [2.75, 3.05) is 19.8 Å². The largest absolute Gasteiger partial charge is 0.486 e. The maximum absolute atomic E-state index is 13.1. The smallest absolute Gasteiger partial charge is 0.254 e. The molecule has 3 aromatic rings. The van der Waals surface area contributed by atoms with Crippen LogP contribution < -0.4 is 9.47 Å². The van der Waals surface area contributed by atoms with E-state index in [2.05, 4.69) is 6.07 Å². The monoisotopic (exact) mass is 366 g/mol. The van der Waals surface area contributed by atoms with Gasteiger partial charge in [0, 0.05) is 12.1 Å². The first-order valence-corrected chi connectivity index (χ1v) is 9.67. The molecule has 0 saturated carbocycles. The summed E-state index contributed by atoms with van der Waals surface area (Å²) in [5.74, 6) is 1.39. The molecule has 1 atom stereocenters. The summed E-state index contributed by atoms with van der Waals surface area (Å²) >= 11 is 1.68. The molecule has 5 rings (SSSR count). The number of para-hydroxylation sites is 1. The van der Waals surface area contributed by atoms with E-state index in [1.807, 2.05) is 35.2 Å². The van der Waals surface area contributed by atoms with E-state index in [1.54, 1.807) is 17.4 Å². The van der Waals surface area contributed by atoms with E-state index < -0.39 is 0 Å². The zero-order valence-corrected chi connectivity index (χ0v) is 15.0. The molecule has 0 bridgehead atoms. The number of ether oxygens (including phenoxy) is 2. The maximum atomic E-state index is 13.1. The Hall–Kier alpha value is -2.60. The van der Waals surface area contributed by atoms with Gasteiger partial charge in [-0.3, -0.25) is 4.79 Å². The lowest BCUT2D eigenvalue weighted by Gasteiger charge is -2.24. The summed E-state index contributed by atoms with van der Waals surface area (Å²) in [6.45, 7) is 1.82. The van der Waals surface area contributed by atoms with Gasteiger partial charge in [-0.15, -0.1) is 11.3 Å². The van der Waals surface area contributed by atoms with Crippen molar-refractivity contribution in [1.29, 1.82) is 0 Å². The number of nitrogens with zero attached hydrogens (tertiary/aromatic N) is 2. The first-order valence-electron chi connectivity index (χ1n) is 8.86. The molecule has 1 amide bonds. The summed E-state index contributed by atoms with van der Waals surface area (Å²) in [5.41, 5.74) is 1.65. The molecule has 6 heteroatoms. The van der Waals surface area contributed by atoms with Gasteiger partial charge in [-0.1, -0.05) is 12.1 Å². The SMILES string of the molecule is O=C(c1ccc2c(c1)OCCO2)N1CCCC1c1nc2ccccc2s1. The number of thiazole rings is 1. The van der Waals surface area contributed by atoms with Crippen LogP contribution in [0.3, 0.4) is 0 Å². The third kappa shape index (κ3) is 2.61. The van der Waals surface area contributed by atoms with Gasteiger partial charge in [-0.05, 0) is 43.2 Å². The van der Waals surface area contributed by atoms with Gasteiger partial charge in [0.05, 0.1) is 16.3 Å². The Bertz CT molecular complexity index is 951. The van der Waals surface area contributed by atoms with E-state index in [0.29, 0.717) is 30.3 Å². The molecule has 26 heavy (non-hydrogen) atoms. The van der Waals surface area contributed by atoms with E-state index in [0.717, 1.165) is 29.9 Å².